The summed E-state index contributed by atoms with van der Waals surface area (Å²) in [5.41, 5.74) is 7.74. The van der Waals surface area contributed by atoms with Crippen LogP contribution in [0.25, 0.3) is 0 Å². The molecule has 2 bridgehead atoms. The molecule has 3 rings (SSSR count). The molecule has 0 atom stereocenters. The molecular weight excluding hydrogens is 221 g/mol. The second kappa shape index (κ2) is 3.92. The normalized spacial score (nSPS) is 20.9. The highest BCUT2D eigenvalue weighted by atomic mass is 19.4. The van der Waals surface area contributed by atoms with Crippen LogP contribution in [0.2, 0.25) is 0 Å². The number of ether oxygens (including phenoxy) is 1. The SMILES string of the molecule is NC1=C2CCCC(=C1OCC(F)(F)F)CN2. The quantitative estimate of drug-likeness (QED) is 0.765. The van der Waals surface area contributed by atoms with E-state index >= 15 is 0 Å². The Bertz CT molecular complexity index is 350. The van der Waals surface area contributed by atoms with Crippen LogP contribution in [0.15, 0.2) is 22.7 Å². The molecule has 3 nitrogen and oxygen atoms in total. The lowest BCUT2D eigenvalue weighted by atomic mass is 10.1. The minimum absolute atomic E-state index is 0.239. The number of nitrogens with two attached hydrogens (primary N) is 1. The van der Waals surface area contributed by atoms with Gasteiger partial charge >= 0.3 is 6.18 Å². The van der Waals surface area contributed by atoms with Gasteiger partial charge in [-0.1, -0.05) is 0 Å². The Morgan fingerprint density at radius 2 is 2.06 bits per heavy atom. The van der Waals surface area contributed by atoms with Gasteiger partial charge in [0, 0.05) is 12.2 Å². The summed E-state index contributed by atoms with van der Waals surface area (Å²) >= 11 is 0. The maximum atomic E-state index is 12.1. The molecule has 90 valence electrons. The van der Waals surface area contributed by atoms with Crippen molar-refractivity contribution in [3.8, 4) is 0 Å². The molecule has 16 heavy (non-hydrogen) atoms. The van der Waals surface area contributed by atoms with Crippen molar-refractivity contribution in [2.24, 2.45) is 5.73 Å². The molecule has 0 spiro atoms. The van der Waals surface area contributed by atoms with Gasteiger partial charge in [0.1, 0.15) is 5.76 Å². The van der Waals surface area contributed by atoms with Crippen LogP contribution >= 0.6 is 0 Å². The van der Waals surface area contributed by atoms with Gasteiger partial charge in [0.05, 0.1) is 5.70 Å². The molecule has 0 amide bonds. The molecule has 3 N–H and O–H groups in total. The molecule has 1 saturated heterocycles. The number of allylic oxidation sites excluding steroid dienone is 1. The van der Waals surface area contributed by atoms with Crippen LogP contribution in [0.3, 0.4) is 0 Å². The number of dihydropyridines is 1. The molecular formula is C10H13F3N2O. The van der Waals surface area contributed by atoms with E-state index in [1.54, 1.807) is 0 Å². The van der Waals surface area contributed by atoms with E-state index in [-0.39, 0.29) is 5.76 Å². The van der Waals surface area contributed by atoms with Crippen molar-refractivity contribution >= 4 is 0 Å². The second-order valence-electron chi connectivity index (χ2n) is 3.94. The molecule has 0 unspecified atom stereocenters. The largest absolute Gasteiger partial charge is 0.482 e. The number of nitrogens with one attached hydrogen (secondary N) is 1. The van der Waals surface area contributed by atoms with Crippen LogP contribution < -0.4 is 11.1 Å². The maximum Gasteiger partial charge on any atom is 0.422 e. The summed E-state index contributed by atoms with van der Waals surface area (Å²) in [4.78, 5) is 0. The van der Waals surface area contributed by atoms with E-state index in [1.807, 2.05) is 0 Å². The van der Waals surface area contributed by atoms with Crippen LogP contribution in [-0.4, -0.2) is 19.3 Å². The first-order chi connectivity index (χ1) is 7.47. The zero-order chi connectivity index (χ0) is 11.8. The molecule has 0 aromatic heterocycles. The van der Waals surface area contributed by atoms with Crippen LogP contribution in [0.4, 0.5) is 13.2 Å². The fourth-order valence-electron chi connectivity index (χ4n) is 1.95. The van der Waals surface area contributed by atoms with Crippen LogP contribution in [0, 0.1) is 0 Å². The van der Waals surface area contributed by atoms with Crippen molar-refractivity contribution < 1.29 is 17.9 Å². The third-order valence-corrected chi connectivity index (χ3v) is 2.69. The summed E-state index contributed by atoms with van der Waals surface area (Å²) in [6.07, 6.45) is -1.91. The molecule has 0 radical (unpaired) electrons. The van der Waals surface area contributed by atoms with Gasteiger partial charge < -0.3 is 15.8 Å². The summed E-state index contributed by atoms with van der Waals surface area (Å²) in [6.45, 7) is -0.733. The molecule has 2 aliphatic heterocycles. The maximum absolute atomic E-state index is 12.1. The average Bonchev–Trinajstić information content (AvgIpc) is 2.48. The predicted molar refractivity (Wildman–Crippen MR) is 52.1 cm³/mol. The van der Waals surface area contributed by atoms with E-state index in [2.05, 4.69) is 5.32 Å². The first kappa shape index (κ1) is 11.2. The minimum atomic E-state index is -4.32. The van der Waals surface area contributed by atoms with Gasteiger partial charge in [-0.25, -0.2) is 0 Å². The lowest BCUT2D eigenvalue weighted by Gasteiger charge is -2.22. The van der Waals surface area contributed by atoms with E-state index in [0.29, 0.717) is 12.2 Å². The second-order valence-corrected chi connectivity index (χ2v) is 3.94. The molecule has 3 aliphatic rings. The minimum Gasteiger partial charge on any atom is -0.482 e. The molecule has 1 aliphatic carbocycles. The van der Waals surface area contributed by atoms with Crippen molar-refractivity contribution in [2.45, 2.75) is 25.4 Å². The molecule has 0 saturated carbocycles. The fraction of sp³-hybridized carbons (Fsp3) is 0.600. The lowest BCUT2D eigenvalue weighted by molar-refractivity contribution is -0.164. The standard InChI is InChI=1S/C10H13F3N2O/c11-10(12,13)5-16-9-6-2-1-3-7(8(9)14)15-4-6/h15H,1-5,14H2. The first-order valence-electron chi connectivity index (χ1n) is 5.12. The summed E-state index contributed by atoms with van der Waals surface area (Å²) in [7, 11) is 0. The zero-order valence-corrected chi connectivity index (χ0v) is 8.66. The van der Waals surface area contributed by atoms with Crippen molar-refractivity contribution in [3.63, 3.8) is 0 Å². The number of rotatable bonds is 2. The van der Waals surface area contributed by atoms with Crippen LogP contribution in [-0.2, 0) is 4.74 Å². The topological polar surface area (TPSA) is 47.3 Å². The van der Waals surface area contributed by atoms with Crippen molar-refractivity contribution in [3.05, 3.63) is 22.7 Å². The van der Waals surface area contributed by atoms with Gasteiger partial charge in [-0.3, -0.25) is 0 Å². The monoisotopic (exact) mass is 234 g/mol. The highest BCUT2D eigenvalue weighted by Gasteiger charge is 2.31. The molecule has 6 heteroatoms. The van der Waals surface area contributed by atoms with Gasteiger partial charge in [0.25, 0.3) is 0 Å². The zero-order valence-electron chi connectivity index (χ0n) is 8.66. The Morgan fingerprint density at radius 3 is 2.75 bits per heavy atom. The number of alkyl halides is 3. The Balaban J connectivity index is 2.16. The van der Waals surface area contributed by atoms with Crippen molar-refractivity contribution in [2.75, 3.05) is 13.2 Å². The van der Waals surface area contributed by atoms with Crippen LogP contribution in [0.1, 0.15) is 19.3 Å². The molecule has 0 aromatic rings. The van der Waals surface area contributed by atoms with Gasteiger partial charge in [0.2, 0.25) is 0 Å². The fourth-order valence-corrected chi connectivity index (χ4v) is 1.95. The van der Waals surface area contributed by atoms with Crippen LogP contribution in [0.5, 0.6) is 0 Å². The van der Waals surface area contributed by atoms with E-state index < -0.39 is 12.8 Å². The van der Waals surface area contributed by atoms with Gasteiger partial charge in [0.15, 0.2) is 6.61 Å². The third-order valence-electron chi connectivity index (χ3n) is 2.69. The third kappa shape index (κ3) is 2.25. The van der Waals surface area contributed by atoms with E-state index in [9.17, 15) is 13.2 Å². The number of fused-ring (bicyclic) bond motifs is 4. The predicted octanol–water partition coefficient (Wildman–Crippen LogP) is 1.78. The highest BCUT2D eigenvalue weighted by molar-refractivity contribution is 5.38. The van der Waals surface area contributed by atoms with E-state index in [1.165, 1.54) is 0 Å². The average molecular weight is 234 g/mol. The number of hydrogen-bond acceptors (Lipinski definition) is 3. The van der Waals surface area contributed by atoms with Gasteiger partial charge in [-0.2, -0.15) is 13.2 Å². The summed E-state index contributed by atoms with van der Waals surface area (Å²) in [6, 6.07) is 0. The van der Waals surface area contributed by atoms with Gasteiger partial charge in [-0.15, -0.1) is 0 Å². The molecule has 1 fully saturated rings. The molecule has 0 aromatic carbocycles. The van der Waals surface area contributed by atoms with Crippen molar-refractivity contribution in [1.29, 1.82) is 0 Å². The number of halogens is 3. The number of hydrogen-bond donors (Lipinski definition) is 2. The Morgan fingerprint density at radius 1 is 1.31 bits per heavy atom. The first-order valence-corrected chi connectivity index (χ1v) is 5.12. The summed E-state index contributed by atoms with van der Waals surface area (Å²) in [5, 5.41) is 3.09. The summed E-state index contributed by atoms with van der Waals surface area (Å²) < 4.78 is 41.0. The van der Waals surface area contributed by atoms with Crippen molar-refractivity contribution in [1.82, 2.24) is 5.32 Å². The summed E-state index contributed by atoms with van der Waals surface area (Å²) in [5.74, 6) is 0.239. The van der Waals surface area contributed by atoms with E-state index in [0.717, 1.165) is 30.5 Å². The van der Waals surface area contributed by atoms with E-state index in [4.69, 9.17) is 10.5 Å². The Hall–Kier alpha value is -1.33. The Kier molecular flexibility index (Phi) is 2.73. The smallest absolute Gasteiger partial charge is 0.422 e. The lowest BCUT2D eigenvalue weighted by Crippen LogP contribution is -2.28. The Labute approximate surface area is 91.1 Å². The van der Waals surface area contributed by atoms with Gasteiger partial charge in [-0.05, 0) is 24.8 Å². The molecule has 2 heterocycles. The highest BCUT2D eigenvalue weighted by Crippen LogP contribution is 2.31.